The van der Waals surface area contributed by atoms with Crippen LogP contribution in [0.5, 0.6) is 0 Å². The van der Waals surface area contributed by atoms with Gasteiger partial charge in [0, 0.05) is 29.9 Å². The summed E-state index contributed by atoms with van der Waals surface area (Å²) in [6, 6.07) is 10.5. The van der Waals surface area contributed by atoms with Gasteiger partial charge in [-0.05, 0) is 49.2 Å². The maximum atomic E-state index is 12.7. The van der Waals surface area contributed by atoms with Gasteiger partial charge in [0.15, 0.2) is 5.65 Å². The molecule has 1 aliphatic heterocycles. The number of carbonyl (C=O) groups excluding carboxylic acids is 1. The zero-order valence-corrected chi connectivity index (χ0v) is 16.6. The fraction of sp³-hybridized carbons (Fsp3) is 0.250. The first-order chi connectivity index (χ1) is 14.6. The number of likely N-dealkylation sites (tertiary alicyclic amines) is 1. The van der Waals surface area contributed by atoms with Gasteiger partial charge in [0.2, 0.25) is 11.7 Å². The smallest absolute Gasteiger partial charge is 0.341 e. The summed E-state index contributed by atoms with van der Waals surface area (Å²) in [6.07, 6.45) is 3.58. The number of halogens is 1. The van der Waals surface area contributed by atoms with Crippen LogP contribution >= 0.6 is 11.6 Å². The average molecular weight is 425 g/mol. The van der Waals surface area contributed by atoms with Crippen molar-refractivity contribution in [3.05, 3.63) is 58.1 Å². The van der Waals surface area contributed by atoms with E-state index in [0.29, 0.717) is 22.1 Å². The number of carbonyl (C=O) groups is 1. The Hall–Kier alpha value is -3.46. The number of pyridine rings is 1. The molecule has 30 heavy (non-hydrogen) atoms. The second kappa shape index (κ2) is 7.42. The minimum Gasteiger partial charge on any atom is -0.341 e. The molecule has 0 saturated carbocycles. The standard InChI is InChI=1S/C20H17ClN6O3/c21-14-7-5-13(6-8-14)17-22-19(30-24-17)15-4-3-11-26-18(15)23-27(20(26)29)12-16(28)25-9-1-2-10-25/h3-8,11H,1-2,9-10,12H2. The second-order valence-corrected chi connectivity index (χ2v) is 7.51. The molecule has 0 N–H and O–H groups in total. The molecule has 1 amide bonds. The lowest BCUT2D eigenvalue weighted by Crippen LogP contribution is -2.34. The van der Waals surface area contributed by atoms with Crippen LogP contribution in [0.2, 0.25) is 5.02 Å². The predicted octanol–water partition coefficient (Wildman–Crippen LogP) is 2.49. The Morgan fingerprint density at radius 1 is 1.13 bits per heavy atom. The third-order valence-electron chi connectivity index (χ3n) is 5.11. The van der Waals surface area contributed by atoms with E-state index in [4.69, 9.17) is 16.1 Å². The van der Waals surface area contributed by atoms with Gasteiger partial charge in [-0.25, -0.2) is 13.9 Å². The Labute approximate surface area is 175 Å². The van der Waals surface area contributed by atoms with E-state index in [9.17, 15) is 9.59 Å². The van der Waals surface area contributed by atoms with Crippen LogP contribution in [-0.2, 0) is 11.3 Å². The molecule has 0 radical (unpaired) electrons. The van der Waals surface area contributed by atoms with Crippen molar-refractivity contribution in [1.29, 1.82) is 0 Å². The number of amides is 1. The molecule has 0 spiro atoms. The largest absolute Gasteiger partial charge is 0.350 e. The van der Waals surface area contributed by atoms with Gasteiger partial charge in [-0.1, -0.05) is 16.8 Å². The molecule has 0 aliphatic carbocycles. The van der Waals surface area contributed by atoms with Crippen molar-refractivity contribution < 1.29 is 9.32 Å². The summed E-state index contributed by atoms with van der Waals surface area (Å²) < 4.78 is 7.97. The van der Waals surface area contributed by atoms with Gasteiger partial charge in [-0.15, -0.1) is 5.10 Å². The molecule has 3 aromatic heterocycles. The lowest BCUT2D eigenvalue weighted by atomic mass is 10.2. The molecular formula is C20H17ClN6O3. The van der Waals surface area contributed by atoms with Crippen LogP contribution in [0.25, 0.3) is 28.5 Å². The van der Waals surface area contributed by atoms with Gasteiger partial charge in [0.1, 0.15) is 6.54 Å². The van der Waals surface area contributed by atoms with E-state index in [1.807, 2.05) is 0 Å². The number of nitrogens with zero attached hydrogens (tertiary/aromatic N) is 6. The molecule has 1 aromatic carbocycles. The fourth-order valence-electron chi connectivity index (χ4n) is 3.55. The molecule has 0 bridgehead atoms. The summed E-state index contributed by atoms with van der Waals surface area (Å²) >= 11 is 5.93. The van der Waals surface area contributed by atoms with Crippen molar-refractivity contribution in [3.8, 4) is 22.8 Å². The Bertz CT molecular complexity index is 1280. The van der Waals surface area contributed by atoms with Gasteiger partial charge >= 0.3 is 5.69 Å². The highest BCUT2D eigenvalue weighted by molar-refractivity contribution is 6.30. The van der Waals surface area contributed by atoms with Gasteiger partial charge < -0.3 is 9.42 Å². The fourth-order valence-corrected chi connectivity index (χ4v) is 3.68. The molecule has 10 heteroatoms. The van der Waals surface area contributed by atoms with E-state index >= 15 is 0 Å². The number of aromatic nitrogens is 5. The van der Waals surface area contributed by atoms with Gasteiger partial charge in [0.25, 0.3) is 5.89 Å². The average Bonchev–Trinajstić information content (AvgIpc) is 3.50. The van der Waals surface area contributed by atoms with E-state index in [1.165, 1.54) is 9.08 Å². The van der Waals surface area contributed by atoms with Crippen LogP contribution in [0.3, 0.4) is 0 Å². The highest BCUT2D eigenvalue weighted by Crippen LogP contribution is 2.25. The third kappa shape index (κ3) is 3.26. The molecule has 152 valence electrons. The van der Waals surface area contributed by atoms with Gasteiger partial charge in [0.05, 0.1) is 5.56 Å². The summed E-state index contributed by atoms with van der Waals surface area (Å²) in [5.74, 6) is 0.519. The topological polar surface area (TPSA) is 98.5 Å². The summed E-state index contributed by atoms with van der Waals surface area (Å²) in [5, 5.41) is 9.00. The van der Waals surface area contributed by atoms with E-state index in [0.717, 1.165) is 31.5 Å². The molecule has 4 aromatic rings. The summed E-state index contributed by atoms with van der Waals surface area (Å²) in [6.45, 7) is 1.35. The van der Waals surface area contributed by atoms with Crippen LogP contribution < -0.4 is 5.69 Å². The summed E-state index contributed by atoms with van der Waals surface area (Å²) in [7, 11) is 0. The van der Waals surface area contributed by atoms with Gasteiger partial charge in [-0.3, -0.25) is 4.79 Å². The quantitative estimate of drug-likeness (QED) is 0.499. The molecule has 0 unspecified atom stereocenters. The Morgan fingerprint density at radius 2 is 1.90 bits per heavy atom. The van der Waals surface area contributed by atoms with Crippen LogP contribution in [-0.4, -0.2) is 48.2 Å². The Morgan fingerprint density at radius 3 is 2.67 bits per heavy atom. The lowest BCUT2D eigenvalue weighted by Gasteiger charge is -2.14. The minimum atomic E-state index is -0.392. The third-order valence-corrected chi connectivity index (χ3v) is 5.36. The number of rotatable bonds is 4. The molecule has 0 atom stereocenters. The molecule has 1 fully saturated rings. The van der Waals surface area contributed by atoms with Crippen LogP contribution in [0, 0.1) is 0 Å². The molecule has 5 rings (SSSR count). The first-order valence-corrected chi connectivity index (χ1v) is 9.94. The predicted molar refractivity (Wildman–Crippen MR) is 109 cm³/mol. The normalized spacial score (nSPS) is 14.0. The molecule has 1 aliphatic rings. The highest BCUT2D eigenvalue weighted by atomic mass is 35.5. The molecule has 1 saturated heterocycles. The number of fused-ring (bicyclic) bond motifs is 1. The minimum absolute atomic E-state index is 0.0974. The van der Waals surface area contributed by atoms with Crippen molar-refractivity contribution in [1.82, 2.24) is 29.2 Å². The van der Waals surface area contributed by atoms with Crippen LogP contribution in [0.4, 0.5) is 0 Å². The summed E-state index contributed by atoms with van der Waals surface area (Å²) in [4.78, 5) is 31.4. The summed E-state index contributed by atoms with van der Waals surface area (Å²) in [5.41, 5.74) is 1.22. The SMILES string of the molecule is O=C(Cn1nc2c(-c3nc(-c4ccc(Cl)cc4)no3)cccn2c1=O)N1CCCC1. The van der Waals surface area contributed by atoms with E-state index in [1.54, 1.807) is 47.5 Å². The van der Waals surface area contributed by atoms with Crippen LogP contribution in [0.15, 0.2) is 51.9 Å². The number of benzene rings is 1. The Balaban J connectivity index is 1.50. The maximum absolute atomic E-state index is 12.7. The van der Waals surface area contributed by atoms with Crippen LogP contribution in [0.1, 0.15) is 12.8 Å². The van der Waals surface area contributed by atoms with E-state index < -0.39 is 5.69 Å². The molecular weight excluding hydrogens is 408 g/mol. The maximum Gasteiger partial charge on any atom is 0.350 e. The zero-order valence-electron chi connectivity index (χ0n) is 15.9. The van der Waals surface area contributed by atoms with Crippen molar-refractivity contribution in [3.63, 3.8) is 0 Å². The van der Waals surface area contributed by atoms with Crippen molar-refractivity contribution >= 4 is 23.2 Å². The molecule has 9 nitrogen and oxygen atoms in total. The van der Waals surface area contributed by atoms with Crippen molar-refractivity contribution in [2.75, 3.05) is 13.1 Å². The van der Waals surface area contributed by atoms with Gasteiger partial charge in [-0.2, -0.15) is 4.98 Å². The van der Waals surface area contributed by atoms with E-state index in [-0.39, 0.29) is 18.3 Å². The zero-order chi connectivity index (χ0) is 20.7. The monoisotopic (exact) mass is 424 g/mol. The number of hydrogen-bond acceptors (Lipinski definition) is 6. The first-order valence-electron chi connectivity index (χ1n) is 9.56. The lowest BCUT2D eigenvalue weighted by molar-refractivity contribution is -0.131. The first kappa shape index (κ1) is 18.6. The van der Waals surface area contributed by atoms with Crippen molar-refractivity contribution in [2.45, 2.75) is 19.4 Å². The van der Waals surface area contributed by atoms with Crippen molar-refractivity contribution in [2.24, 2.45) is 0 Å². The molecule has 4 heterocycles. The second-order valence-electron chi connectivity index (χ2n) is 7.07. The Kier molecular flexibility index (Phi) is 4.59. The highest BCUT2D eigenvalue weighted by Gasteiger charge is 2.22. The van der Waals surface area contributed by atoms with E-state index in [2.05, 4.69) is 15.2 Å². The number of hydrogen-bond donors (Lipinski definition) is 0.